The molecule has 1 unspecified atom stereocenters. The lowest BCUT2D eigenvalue weighted by atomic mass is 9.91. The van der Waals surface area contributed by atoms with E-state index in [0.717, 1.165) is 12.2 Å². The fourth-order valence-electron chi connectivity index (χ4n) is 2.25. The van der Waals surface area contributed by atoms with Crippen molar-refractivity contribution in [2.24, 2.45) is 11.7 Å². The van der Waals surface area contributed by atoms with Crippen LogP contribution >= 0.6 is 0 Å². The minimum Gasteiger partial charge on any atom is -0.364 e. The van der Waals surface area contributed by atoms with Gasteiger partial charge in [-0.05, 0) is 31.4 Å². The van der Waals surface area contributed by atoms with E-state index in [2.05, 4.69) is 31.1 Å². The van der Waals surface area contributed by atoms with Crippen LogP contribution in [0.2, 0.25) is 0 Å². The number of carbonyl (C=O) groups is 1. The summed E-state index contributed by atoms with van der Waals surface area (Å²) < 4.78 is 0. The van der Waals surface area contributed by atoms with Crippen LogP contribution in [0.1, 0.15) is 37.6 Å². The van der Waals surface area contributed by atoms with Crippen LogP contribution in [0, 0.1) is 5.92 Å². The van der Waals surface area contributed by atoms with Gasteiger partial charge in [0.1, 0.15) is 5.82 Å². The predicted octanol–water partition coefficient (Wildman–Crippen LogP) is 1.96. The molecular weight excluding hydrogens is 252 g/mol. The second-order valence-corrected chi connectivity index (χ2v) is 6.12. The van der Waals surface area contributed by atoms with Crippen molar-refractivity contribution in [3.63, 3.8) is 0 Å². The number of anilines is 1. The zero-order chi connectivity index (χ0) is 15.3. The third kappa shape index (κ3) is 4.49. The molecule has 0 spiro atoms. The number of aromatic nitrogens is 1. The van der Waals surface area contributed by atoms with Crippen molar-refractivity contribution >= 4 is 11.7 Å². The number of pyridine rings is 1. The van der Waals surface area contributed by atoms with Gasteiger partial charge in [0.2, 0.25) is 0 Å². The normalized spacial score (nSPS) is 13.9. The summed E-state index contributed by atoms with van der Waals surface area (Å²) >= 11 is 0. The Kier molecular flexibility index (Phi) is 5.51. The van der Waals surface area contributed by atoms with Crippen molar-refractivity contribution in [3.05, 3.63) is 23.9 Å². The molecule has 3 N–H and O–H groups in total. The molecule has 1 atom stereocenters. The molecule has 0 aliphatic heterocycles. The standard InChI is InChI=1S/C15H26N4O/c1-11(2)8-15(3,10-16)18-13-7-6-12(9-17-13)14(20)19(4)5/h6-7,9,11H,8,10,16H2,1-5H3,(H,17,18). The van der Waals surface area contributed by atoms with Gasteiger partial charge in [-0.2, -0.15) is 0 Å². The zero-order valence-electron chi connectivity index (χ0n) is 13.1. The van der Waals surface area contributed by atoms with Crippen molar-refractivity contribution in [2.45, 2.75) is 32.7 Å². The van der Waals surface area contributed by atoms with Crippen LogP contribution in [0.4, 0.5) is 5.82 Å². The second kappa shape index (κ2) is 6.70. The number of nitrogens with two attached hydrogens (primary N) is 1. The van der Waals surface area contributed by atoms with E-state index in [9.17, 15) is 4.79 Å². The molecule has 1 aromatic heterocycles. The van der Waals surface area contributed by atoms with E-state index in [1.165, 1.54) is 4.90 Å². The summed E-state index contributed by atoms with van der Waals surface area (Å²) in [5, 5.41) is 3.37. The summed E-state index contributed by atoms with van der Waals surface area (Å²) in [6, 6.07) is 3.61. The van der Waals surface area contributed by atoms with Crippen LogP contribution in [-0.4, -0.2) is 42.0 Å². The lowest BCUT2D eigenvalue weighted by Crippen LogP contribution is -2.43. The third-order valence-electron chi connectivity index (χ3n) is 3.16. The molecule has 0 aromatic carbocycles. The van der Waals surface area contributed by atoms with Gasteiger partial charge in [0, 0.05) is 32.4 Å². The minimum absolute atomic E-state index is 0.0483. The van der Waals surface area contributed by atoms with Crippen LogP contribution in [0.15, 0.2) is 18.3 Å². The van der Waals surface area contributed by atoms with Crippen LogP contribution in [0.25, 0.3) is 0 Å². The van der Waals surface area contributed by atoms with Crippen LogP contribution in [0.5, 0.6) is 0 Å². The molecule has 5 heteroatoms. The molecule has 0 saturated carbocycles. The maximum absolute atomic E-state index is 11.8. The summed E-state index contributed by atoms with van der Waals surface area (Å²) in [5.41, 5.74) is 6.27. The zero-order valence-corrected chi connectivity index (χ0v) is 13.1. The second-order valence-electron chi connectivity index (χ2n) is 6.12. The lowest BCUT2D eigenvalue weighted by molar-refractivity contribution is 0.0827. The highest BCUT2D eigenvalue weighted by Crippen LogP contribution is 2.20. The first-order chi connectivity index (χ1) is 9.27. The highest BCUT2D eigenvalue weighted by atomic mass is 16.2. The Morgan fingerprint density at radius 2 is 2.10 bits per heavy atom. The Morgan fingerprint density at radius 1 is 1.45 bits per heavy atom. The largest absolute Gasteiger partial charge is 0.364 e. The van der Waals surface area contributed by atoms with Gasteiger partial charge in [0.25, 0.3) is 5.91 Å². The van der Waals surface area contributed by atoms with Gasteiger partial charge in [0.05, 0.1) is 5.56 Å². The van der Waals surface area contributed by atoms with Crippen molar-refractivity contribution in [1.29, 1.82) is 0 Å². The first kappa shape index (κ1) is 16.4. The number of hydrogen-bond acceptors (Lipinski definition) is 4. The summed E-state index contributed by atoms with van der Waals surface area (Å²) in [4.78, 5) is 17.6. The first-order valence-electron chi connectivity index (χ1n) is 6.93. The molecule has 0 bridgehead atoms. The summed E-state index contributed by atoms with van der Waals surface area (Å²) in [6.07, 6.45) is 2.56. The molecule has 5 nitrogen and oxygen atoms in total. The van der Waals surface area contributed by atoms with E-state index in [1.807, 2.05) is 6.07 Å². The minimum atomic E-state index is -0.186. The maximum atomic E-state index is 11.8. The van der Waals surface area contributed by atoms with E-state index in [0.29, 0.717) is 18.0 Å². The molecule has 1 heterocycles. The van der Waals surface area contributed by atoms with E-state index in [-0.39, 0.29) is 11.4 Å². The van der Waals surface area contributed by atoms with Crippen molar-refractivity contribution in [3.8, 4) is 0 Å². The van der Waals surface area contributed by atoms with Gasteiger partial charge in [-0.3, -0.25) is 4.79 Å². The molecule has 0 radical (unpaired) electrons. The van der Waals surface area contributed by atoms with Crippen molar-refractivity contribution in [1.82, 2.24) is 9.88 Å². The number of amides is 1. The van der Waals surface area contributed by atoms with Gasteiger partial charge >= 0.3 is 0 Å². The van der Waals surface area contributed by atoms with Crippen LogP contribution in [-0.2, 0) is 0 Å². The third-order valence-corrected chi connectivity index (χ3v) is 3.16. The van der Waals surface area contributed by atoms with Gasteiger partial charge in [-0.1, -0.05) is 13.8 Å². The molecule has 1 amide bonds. The van der Waals surface area contributed by atoms with Gasteiger partial charge in [-0.15, -0.1) is 0 Å². The average Bonchev–Trinajstić information content (AvgIpc) is 2.37. The highest BCUT2D eigenvalue weighted by molar-refractivity contribution is 5.93. The monoisotopic (exact) mass is 278 g/mol. The van der Waals surface area contributed by atoms with Crippen LogP contribution in [0.3, 0.4) is 0 Å². The first-order valence-corrected chi connectivity index (χ1v) is 6.93. The van der Waals surface area contributed by atoms with Crippen molar-refractivity contribution < 1.29 is 4.79 Å². The van der Waals surface area contributed by atoms with Gasteiger partial charge < -0.3 is 16.0 Å². The SMILES string of the molecule is CC(C)CC(C)(CN)Nc1ccc(C(=O)N(C)C)cn1. The molecule has 1 aromatic rings. The Labute approximate surface area is 121 Å². The molecule has 0 aliphatic rings. The average molecular weight is 278 g/mol. The fourth-order valence-corrected chi connectivity index (χ4v) is 2.25. The number of nitrogens with zero attached hydrogens (tertiary/aromatic N) is 2. The number of hydrogen-bond donors (Lipinski definition) is 2. The Hall–Kier alpha value is -1.62. The Bertz CT molecular complexity index is 442. The number of rotatable bonds is 6. The summed E-state index contributed by atoms with van der Waals surface area (Å²) in [6.45, 7) is 6.96. The number of carbonyl (C=O) groups excluding carboxylic acids is 1. The lowest BCUT2D eigenvalue weighted by Gasteiger charge is -2.31. The Balaban J connectivity index is 2.81. The maximum Gasteiger partial charge on any atom is 0.254 e. The molecule has 1 rings (SSSR count). The topological polar surface area (TPSA) is 71.2 Å². The summed E-state index contributed by atoms with van der Waals surface area (Å²) in [5.74, 6) is 1.24. The smallest absolute Gasteiger partial charge is 0.254 e. The number of nitrogens with one attached hydrogen (secondary N) is 1. The molecule has 112 valence electrons. The van der Waals surface area contributed by atoms with Crippen LogP contribution < -0.4 is 11.1 Å². The molecular formula is C15H26N4O. The quantitative estimate of drug-likeness (QED) is 0.834. The predicted molar refractivity (Wildman–Crippen MR) is 82.8 cm³/mol. The van der Waals surface area contributed by atoms with E-state index >= 15 is 0 Å². The van der Waals surface area contributed by atoms with E-state index < -0.39 is 0 Å². The molecule has 0 fully saturated rings. The summed E-state index contributed by atoms with van der Waals surface area (Å²) in [7, 11) is 3.45. The van der Waals surface area contributed by atoms with E-state index in [1.54, 1.807) is 26.4 Å². The Morgan fingerprint density at radius 3 is 2.50 bits per heavy atom. The molecule has 0 aliphatic carbocycles. The fraction of sp³-hybridized carbons (Fsp3) is 0.600. The molecule has 20 heavy (non-hydrogen) atoms. The molecule has 0 saturated heterocycles. The van der Waals surface area contributed by atoms with E-state index in [4.69, 9.17) is 5.73 Å². The van der Waals surface area contributed by atoms with Gasteiger partial charge in [0.15, 0.2) is 0 Å². The highest BCUT2D eigenvalue weighted by Gasteiger charge is 2.24. The van der Waals surface area contributed by atoms with Crippen molar-refractivity contribution in [2.75, 3.05) is 26.0 Å². The van der Waals surface area contributed by atoms with Gasteiger partial charge in [-0.25, -0.2) is 4.98 Å².